The lowest BCUT2D eigenvalue weighted by atomic mass is 9.99. The third-order valence-electron chi connectivity index (χ3n) is 4.73. The maximum absolute atomic E-state index is 12.8. The highest BCUT2D eigenvalue weighted by Gasteiger charge is 2.43. The van der Waals surface area contributed by atoms with Gasteiger partial charge >= 0.3 is 0 Å². The second-order valence-corrected chi connectivity index (χ2v) is 5.71. The fraction of sp³-hybridized carbons (Fsp3) is 0.533. The van der Waals surface area contributed by atoms with Crippen molar-refractivity contribution in [1.29, 1.82) is 0 Å². The van der Waals surface area contributed by atoms with Gasteiger partial charge in [0, 0.05) is 31.2 Å². The van der Waals surface area contributed by atoms with Crippen molar-refractivity contribution in [2.75, 3.05) is 26.2 Å². The van der Waals surface area contributed by atoms with E-state index in [1.807, 2.05) is 24.3 Å². The first-order valence-electron chi connectivity index (χ1n) is 7.07. The molecule has 0 spiro atoms. The predicted octanol–water partition coefficient (Wildman–Crippen LogP) is 0.983. The van der Waals surface area contributed by atoms with Crippen molar-refractivity contribution in [2.24, 2.45) is 5.92 Å². The van der Waals surface area contributed by atoms with Gasteiger partial charge in [-0.05, 0) is 18.4 Å². The molecule has 0 radical (unpaired) electrons. The van der Waals surface area contributed by atoms with E-state index >= 15 is 0 Å². The van der Waals surface area contributed by atoms with E-state index in [-0.39, 0.29) is 11.8 Å². The first-order chi connectivity index (χ1) is 9.34. The summed E-state index contributed by atoms with van der Waals surface area (Å²) < 4.78 is 5.64. The van der Waals surface area contributed by atoms with E-state index in [0.717, 1.165) is 37.4 Å². The van der Waals surface area contributed by atoms with Gasteiger partial charge < -0.3 is 15.0 Å². The van der Waals surface area contributed by atoms with Crippen LogP contribution < -0.4 is 10.1 Å². The third-order valence-corrected chi connectivity index (χ3v) is 4.73. The topological polar surface area (TPSA) is 41.6 Å². The quantitative estimate of drug-likeness (QED) is 0.816. The molecule has 0 bridgehead atoms. The maximum Gasteiger partial charge on any atom is 0.234 e. The van der Waals surface area contributed by atoms with Gasteiger partial charge in [-0.3, -0.25) is 4.79 Å². The second-order valence-electron chi connectivity index (χ2n) is 5.71. The molecule has 4 heteroatoms. The molecular weight excluding hydrogens is 240 g/mol. The molecule has 2 fully saturated rings. The van der Waals surface area contributed by atoms with Gasteiger partial charge in [0.1, 0.15) is 18.3 Å². The molecule has 2 saturated heterocycles. The van der Waals surface area contributed by atoms with E-state index in [4.69, 9.17) is 4.74 Å². The largest absolute Gasteiger partial charge is 0.492 e. The summed E-state index contributed by atoms with van der Waals surface area (Å²) in [6, 6.07) is 8.31. The minimum Gasteiger partial charge on any atom is -0.492 e. The van der Waals surface area contributed by atoms with Gasteiger partial charge in [-0.15, -0.1) is 0 Å². The summed E-state index contributed by atoms with van der Waals surface area (Å²) in [4.78, 5) is 14.9. The molecule has 3 heterocycles. The number of likely N-dealkylation sites (tertiary alicyclic amines) is 1. The Morgan fingerprint density at radius 3 is 3.16 bits per heavy atom. The van der Waals surface area contributed by atoms with Gasteiger partial charge in [0.25, 0.3) is 0 Å². The number of rotatable bonds is 1. The Hall–Kier alpha value is -1.55. The number of ether oxygens (including phenoxy) is 1. The Kier molecular flexibility index (Phi) is 2.52. The number of carbonyl (C=O) groups excluding carboxylic acids is 1. The molecule has 1 unspecified atom stereocenters. The van der Waals surface area contributed by atoms with Crippen molar-refractivity contribution in [2.45, 2.75) is 18.4 Å². The number of hydrogen-bond acceptors (Lipinski definition) is 3. The van der Waals surface area contributed by atoms with Crippen molar-refractivity contribution < 1.29 is 9.53 Å². The number of fused-ring (bicyclic) bond motifs is 2. The summed E-state index contributed by atoms with van der Waals surface area (Å²) in [5.41, 5.74) is 1.06. The number of benzene rings is 1. The van der Waals surface area contributed by atoms with Crippen LogP contribution >= 0.6 is 0 Å². The van der Waals surface area contributed by atoms with Gasteiger partial charge in [-0.1, -0.05) is 18.2 Å². The van der Waals surface area contributed by atoms with Crippen LogP contribution in [0.5, 0.6) is 5.75 Å². The SMILES string of the molecule is O=C(C1COc2ccccc21)N1CC[C@H]2CNC[C@H]21. The van der Waals surface area contributed by atoms with Crippen LogP contribution in [0.1, 0.15) is 17.9 Å². The first-order valence-corrected chi connectivity index (χ1v) is 7.07. The molecule has 1 N–H and O–H groups in total. The standard InChI is InChI=1S/C15H18N2O2/c18-15(17-6-5-10-7-16-8-13(10)17)12-9-19-14-4-2-1-3-11(12)14/h1-4,10,12-13,16H,5-9H2/t10-,12?,13+/m0/s1. The zero-order valence-electron chi connectivity index (χ0n) is 10.8. The lowest BCUT2D eigenvalue weighted by Crippen LogP contribution is -2.42. The van der Waals surface area contributed by atoms with Crippen LogP contribution in [0, 0.1) is 5.92 Å². The van der Waals surface area contributed by atoms with E-state index in [1.165, 1.54) is 0 Å². The minimum absolute atomic E-state index is 0.101. The summed E-state index contributed by atoms with van der Waals surface area (Å²) >= 11 is 0. The van der Waals surface area contributed by atoms with Gasteiger partial charge in [-0.25, -0.2) is 0 Å². The van der Waals surface area contributed by atoms with Crippen LogP contribution in [-0.4, -0.2) is 43.1 Å². The monoisotopic (exact) mass is 258 g/mol. The van der Waals surface area contributed by atoms with E-state index in [0.29, 0.717) is 18.6 Å². The maximum atomic E-state index is 12.8. The Bertz CT molecular complexity index is 517. The highest BCUT2D eigenvalue weighted by atomic mass is 16.5. The van der Waals surface area contributed by atoms with Gasteiger partial charge in [-0.2, -0.15) is 0 Å². The van der Waals surface area contributed by atoms with Gasteiger partial charge in [0.05, 0.1) is 0 Å². The molecule has 1 aromatic rings. The number of para-hydroxylation sites is 1. The average molecular weight is 258 g/mol. The summed E-state index contributed by atoms with van der Waals surface area (Å²) in [5, 5.41) is 3.39. The summed E-state index contributed by atoms with van der Waals surface area (Å²) in [5.74, 6) is 1.68. The molecule has 1 amide bonds. The second kappa shape index (κ2) is 4.23. The van der Waals surface area contributed by atoms with Crippen LogP contribution in [0.15, 0.2) is 24.3 Å². The van der Waals surface area contributed by atoms with Gasteiger partial charge in [0.15, 0.2) is 0 Å². The van der Waals surface area contributed by atoms with Crippen molar-refractivity contribution >= 4 is 5.91 Å². The molecule has 3 aliphatic rings. The highest BCUT2D eigenvalue weighted by molar-refractivity contribution is 5.86. The Morgan fingerprint density at radius 2 is 2.21 bits per heavy atom. The zero-order valence-corrected chi connectivity index (χ0v) is 10.8. The van der Waals surface area contributed by atoms with Crippen LogP contribution in [0.25, 0.3) is 0 Å². The number of amides is 1. The van der Waals surface area contributed by atoms with Crippen molar-refractivity contribution in [3.8, 4) is 5.75 Å². The lowest BCUT2D eigenvalue weighted by molar-refractivity contribution is -0.133. The molecule has 0 saturated carbocycles. The normalized spacial score (nSPS) is 32.0. The number of carbonyl (C=O) groups is 1. The van der Waals surface area contributed by atoms with Crippen molar-refractivity contribution in [1.82, 2.24) is 10.2 Å². The predicted molar refractivity (Wildman–Crippen MR) is 71.2 cm³/mol. The fourth-order valence-corrected chi connectivity index (χ4v) is 3.69. The van der Waals surface area contributed by atoms with Crippen LogP contribution in [0.4, 0.5) is 0 Å². The van der Waals surface area contributed by atoms with E-state index in [1.54, 1.807) is 0 Å². The molecular formula is C15H18N2O2. The first kappa shape index (κ1) is 11.3. The smallest absolute Gasteiger partial charge is 0.234 e. The zero-order chi connectivity index (χ0) is 12.8. The molecule has 100 valence electrons. The van der Waals surface area contributed by atoms with Crippen LogP contribution in [0.2, 0.25) is 0 Å². The number of nitrogens with one attached hydrogen (secondary N) is 1. The molecule has 1 aromatic carbocycles. The Morgan fingerprint density at radius 1 is 1.32 bits per heavy atom. The van der Waals surface area contributed by atoms with Crippen molar-refractivity contribution in [3.05, 3.63) is 29.8 Å². The summed E-state index contributed by atoms with van der Waals surface area (Å²) in [7, 11) is 0. The van der Waals surface area contributed by atoms with E-state index in [2.05, 4.69) is 10.2 Å². The molecule has 0 aliphatic carbocycles. The molecule has 0 aromatic heterocycles. The Labute approximate surface area is 112 Å². The Balaban J connectivity index is 1.59. The van der Waals surface area contributed by atoms with Crippen LogP contribution in [0.3, 0.4) is 0 Å². The fourth-order valence-electron chi connectivity index (χ4n) is 3.69. The molecule has 4 rings (SSSR count). The number of hydrogen-bond donors (Lipinski definition) is 1. The average Bonchev–Trinajstić information content (AvgIpc) is 3.12. The highest BCUT2D eigenvalue weighted by Crippen LogP contribution is 2.37. The molecule has 4 nitrogen and oxygen atoms in total. The minimum atomic E-state index is -0.101. The molecule has 3 aliphatic heterocycles. The van der Waals surface area contributed by atoms with Crippen LogP contribution in [-0.2, 0) is 4.79 Å². The number of nitrogens with zero attached hydrogens (tertiary/aromatic N) is 1. The van der Waals surface area contributed by atoms with Crippen molar-refractivity contribution in [3.63, 3.8) is 0 Å². The van der Waals surface area contributed by atoms with E-state index in [9.17, 15) is 4.79 Å². The summed E-state index contributed by atoms with van der Waals surface area (Å²) in [6.45, 7) is 3.42. The van der Waals surface area contributed by atoms with E-state index < -0.39 is 0 Å². The molecule has 3 atom stereocenters. The molecule has 19 heavy (non-hydrogen) atoms. The lowest BCUT2D eigenvalue weighted by Gasteiger charge is -2.26. The van der Waals surface area contributed by atoms with Gasteiger partial charge in [0.2, 0.25) is 5.91 Å². The summed E-state index contributed by atoms with van der Waals surface area (Å²) in [6.07, 6.45) is 1.14. The third kappa shape index (κ3) is 1.66.